The molecule has 0 atom stereocenters. The molecule has 160 valence electrons. The summed E-state index contributed by atoms with van der Waals surface area (Å²) in [5.74, 6) is 0.754. The molecule has 0 fully saturated rings. The summed E-state index contributed by atoms with van der Waals surface area (Å²) >= 11 is 0. The number of nitrogens with one attached hydrogen (secondary N) is 2. The molecule has 2 N–H and O–H groups in total. The number of alkyl halides is 2. The van der Waals surface area contributed by atoms with Crippen molar-refractivity contribution < 1.29 is 13.5 Å². The van der Waals surface area contributed by atoms with E-state index < -0.39 is 6.61 Å². The minimum absolute atomic E-state index is 0. The zero-order valence-corrected chi connectivity index (χ0v) is 19.5. The van der Waals surface area contributed by atoms with Crippen LogP contribution in [0.3, 0.4) is 0 Å². The van der Waals surface area contributed by atoms with Crippen molar-refractivity contribution in [1.82, 2.24) is 15.5 Å². The Bertz CT molecular complexity index is 800. The van der Waals surface area contributed by atoms with Gasteiger partial charge in [0.1, 0.15) is 5.75 Å². The summed E-state index contributed by atoms with van der Waals surface area (Å²) in [5, 5.41) is 6.44. The number of benzene rings is 2. The van der Waals surface area contributed by atoms with E-state index in [1.54, 1.807) is 19.2 Å². The summed E-state index contributed by atoms with van der Waals surface area (Å²) in [7, 11) is 5.74. The second kappa shape index (κ2) is 12.6. The Morgan fingerprint density at radius 1 is 1.03 bits per heavy atom. The third-order valence-corrected chi connectivity index (χ3v) is 4.15. The van der Waals surface area contributed by atoms with E-state index in [0.29, 0.717) is 24.6 Å². The van der Waals surface area contributed by atoms with Crippen LogP contribution in [0.5, 0.6) is 5.75 Å². The quantitative estimate of drug-likeness (QED) is 0.314. The molecule has 0 spiro atoms. The lowest BCUT2D eigenvalue weighted by molar-refractivity contribution is -0.0504. The number of aliphatic imine (C=N–C) groups is 1. The van der Waals surface area contributed by atoms with E-state index in [9.17, 15) is 8.78 Å². The summed E-state index contributed by atoms with van der Waals surface area (Å²) in [6, 6.07) is 13.3. The van der Waals surface area contributed by atoms with Gasteiger partial charge in [-0.1, -0.05) is 42.0 Å². The van der Waals surface area contributed by atoms with Gasteiger partial charge in [-0.2, -0.15) is 8.78 Å². The van der Waals surface area contributed by atoms with E-state index in [2.05, 4.69) is 37.4 Å². The zero-order chi connectivity index (χ0) is 20.5. The summed E-state index contributed by atoms with van der Waals surface area (Å²) in [6.07, 6.45) is 0. The first-order valence-corrected chi connectivity index (χ1v) is 9.09. The normalized spacial score (nSPS) is 11.4. The molecule has 0 aliphatic heterocycles. The van der Waals surface area contributed by atoms with Crippen molar-refractivity contribution in [2.45, 2.75) is 33.2 Å². The molecule has 0 saturated carbocycles. The molecular formula is C21H29F2IN4O. The molecule has 2 aromatic carbocycles. The third kappa shape index (κ3) is 8.53. The highest BCUT2D eigenvalue weighted by atomic mass is 127. The van der Waals surface area contributed by atoms with E-state index in [1.807, 2.05) is 39.2 Å². The molecule has 0 unspecified atom stereocenters. The number of hydrogen-bond donors (Lipinski definition) is 2. The Morgan fingerprint density at radius 3 is 2.24 bits per heavy atom. The first kappa shape index (κ1) is 25.1. The first-order chi connectivity index (χ1) is 13.4. The van der Waals surface area contributed by atoms with Gasteiger partial charge in [-0.05, 0) is 38.2 Å². The maximum absolute atomic E-state index is 12.6. The fourth-order valence-electron chi connectivity index (χ4n) is 2.86. The van der Waals surface area contributed by atoms with Crippen LogP contribution in [0.1, 0.15) is 22.3 Å². The average molecular weight is 518 g/mol. The highest BCUT2D eigenvalue weighted by molar-refractivity contribution is 14.0. The second-order valence-corrected chi connectivity index (χ2v) is 6.78. The molecule has 8 heteroatoms. The van der Waals surface area contributed by atoms with E-state index in [-0.39, 0.29) is 29.7 Å². The van der Waals surface area contributed by atoms with Crippen molar-refractivity contribution in [1.29, 1.82) is 0 Å². The zero-order valence-electron chi connectivity index (χ0n) is 17.2. The lowest BCUT2D eigenvalue weighted by atomic mass is 10.1. The number of hydrogen-bond acceptors (Lipinski definition) is 3. The minimum Gasteiger partial charge on any atom is -0.434 e. The van der Waals surface area contributed by atoms with E-state index in [0.717, 1.165) is 12.1 Å². The molecule has 0 aromatic heterocycles. The average Bonchev–Trinajstić information content (AvgIpc) is 2.64. The number of rotatable bonds is 8. The second-order valence-electron chi connectivity index (χ2n) is 6.78. The maximum atomic E-state index is 12.6. The monoisotopic (exact) mass is 518 g/mol. The van der Waals surface area contributed by atoms with Gasteiger partial charge in [0.25, 0.3) is 0 Å². The van der Waals surface area contributed by atoms with Crippen molar-refractivity contribution in [2.75, 3.05) is 21.1 Å². The Morgan fingerprint density at radius 2 is 1.66 bits per heavy atom. The van der Waals surface area contributed by atoms with Crippen molar-refractivity contribution in [3.63, 3.8) is 0 Å². The number of halogens is 3. The van der Waals surface area contributed by atoms with Crippen LogP contribution in [0, 0.1) is 6.92 Å². The Labute approximate surface area is 188 Å². The van der Waals surface area contributed by atoms with Crippen LogP contribution in [0.15, 0.2) is 47.5 Å². The Hall–Kier alpha value is -1.94. The molecule has 0 saturated heterocycles. The first-order valence-electron chi connectivity index (χ1n) is 9.09. The van der Waals surface area contributed by atoms with Gasteiger partial charge in [0, 0.05) is 32.2 Å². The van der Waals surface area contributed by atoms with Crippen LogP contribution >= 0.6 is 24.0 Å². The highest BCUT2D eigenvalue weighted by Gasteiger charge is 2.11. The lowest BCUT2D eigenvalue weighted by Crippen LogP contribution is -2.36. The SMILES string of the molecule is CN=C(NCc1ccccc1CN(C)C)NCc1cc(C)ccc1OC(F)F.I. The van der Waals surface area contributed by atoms with Crippen LogP contribution in [-0.4, -0.2) is 38.6 Å². The van der Waals surface area contributed by atoms with Crippen molar-refractivity contribution in [2.24, 2.45) is 4.99 Å². The van der Waals surface area contributed by atoms with Crippen molar-refractivity contribution in [3.8, 4) is 5.75 Å². The molecular weight excluding hydrogens is 489 g/mol. The standard InChI is InChI=1S/C21H28F2N4O.HI/c1-15-9-10-19(28-20(22)23)18(11-15)13-26-21(24-2)25-12-16-7-5-6-8-17(16)14-27(3)4;/h5-11,20H,12-14H2,1-4H3,(H2,24,25,26);1H. The molecule has 2 rings (SSSR count). The number of aryl methyl sites for hydroxylation is 1. The smallest absolute Gasteiger partial charge is 0.387 e. The van der Waals surface area contributed by atoms with Crippen LogP contribution in [0.25, 0.3) is 0 Å². The summed E-state index contributed by atoms with van der Waals surface area (Å²) < 4.78 is 29.9. The number of guanidine groups is 1. The van der Waals surface area contributed by atoms with Gasteiger partial charge in [0.05, 0.1) is 0 Å². The molecule has 0 aliphatic rings. The van der Waals surface area contributed by atoms with Gasteiger partial charge in [0.15, 0.2) is 5.96 Å². The van der Waals surface area contributed by atoms with Crippen molar-refractivity contribution in [3.05, 3.63) is 64.7 Å². The van der Waals surface area contributed by atoms with Gasteiger partial charge in [-0.15, -0.1) is 24.0 Å². The molecule has 2 aromatic rings. The van der Waals surface area contributed by atoms with Gasteiger partial charge in [-0.3, -0.25) is 4.99 Å². The Balaban J connectivity index is 0.00000420. The predicted molar refractivity (Wildman–Crippen MR) is 124 cm³/mol. The summed E-state index contributed by atoms with van der Waals surface area (Å²) in [4.78, 5) is 6.34. The van der Waals surface area contributed by atoms with Gasteiger partial charge >= 0.3 is 6.61 Å². The highest BCUT2D eigenvalue weighted by Crippen LogP contribution is 2.22. The predicted octanol–water partition coefficient (Wildman–Crippen LogP) is 4.14. The summed E-state index contributed by atoms with van der Waals surface area (Å²) in [6.45, 7) is 0.833. The third-order valence-electron chi connectivity index (χ3n) is 4.15. The lowest BCUT2D eigenvalue weighted by Gasteiger charge is -2.17. The molecule has 0 radical (unpaired) electrons. The molecule has 0 bridgehead atoms. The fourth-order valence-corrected chi connectivity index (χ4v) is 2.86. The molecule has 0 amide bonds. The van der Waals surface area contributed by atoms with E-state index >= 15 is 0 Å². The van der Waals surface area contributed by atoms with E-state index in [4.69, 9.17) is 0 Å². The van der Waals surface area contributed by atoms with Gasteiger partial charge < -0.3 is 20.3 Å². The van der Waals surface area contributed by atoms with Gasteiger partial charge in [0.2, 0.25) is 0 Å². The molecule has 0 aliphatic carbocycles. The van der Waals surface area contributed by atoms with E-state index in [1.165, 1.54) is 11.1 Å². The van der Waals surface area contributed by atoms with Crippen LogP contribution in [0.4, 0.5) is 8.78 Å². The van der Waals surface area contributed by atoms with Crippen LogP contribution < -0.4 is 15.4 Å². The number of nitrogens with zero attached hydrogens (tertiary/aromatic N) is 2. The number of ether oxygens (including phenoxy) is 1. The largest absolute Gasteiger partial charge is 0.434 e. The maximum Gasteiger partial charge on any atom is 0.387 e. The van der Waals surface area contributed by atoms with Crippen molar-refractivity contribution >= 4 is 29.9 Å². The topological polar surface area (TPSA) is 48.9 Å². The molecule has 0 heterocycles. The van der Waals surface area contributed by atoms with Crippen LogP contribution in [0.2, 0.25) is 0 Å². The molecule has 29 heavy (non-hydrogen) atoms. The fraction of sp³-hybridized carbons (Fsp3) is 0.381. The summed E-state index contributed by atoms with van der Waals surface area (Å²) in [5.41, 5.74) is 4.04. The molecule has 5 nitrogen and oxygen atoms in total. The van der Waals surface area contributed by atoms with Crippen LogP contribution in [-0.2, 0) is 19.6 Å². The van der Waals surface area contributed by atoms with Gasteiger partial charge in [-0.25, -0.2) is 0 Å². The minimum atomic E-state index is -2.85. The Kier molecular flexibility index (Phi) is 10.9.